The summed E-state index contributed by atoms with van der Waals surface area (Å²) in [5.74, 6) is 0.796. The molecular formula is C16H20N2O. The van der Waals surface area contributed by atoms with Crippen molar-refractivity contribution in [2.75, 3.05) is 6.61 Å². The van der Waals surface area contributed by atoms with E-state index in [2.05, 4.69) is 42.9 Å². The van der Waals surface area contributed by atoms with Gasteiger partial charge in [0.2, 0.25) is 0 Å². The van der Waals surface area contributed by atoms with Gasteiger partial charge in [0, 0.05) is 24.8 Å². The molecule has 1 heterocycles. The molecule has 0 atom stereocenters. The van der Waals surface area contributed by atoms with E-state index >= 15 is 0 Å². The number of benzene rings is 1. The molecule has 0 spiro atoms. The summed E-state index contributed by atoms with van der Waals surface area (Å²) in [5, 5.41) is 8.87. The number of aliphatic hydroxyl groups is 1. The minimum atomic E-state index is 0.177. The molecule has 0 saturated heterocycles. The third-order valence-corrected chi connectivity index (χ3v) is 3.60. The highest BCUT2D eigenvalue weighted by Gasteiger charge is 2.08. The summed E-state index contributed by atoms with van der Waals surface area (Å²) in [6, 6.07) is 6.20. The number of hydrogen-bond acceptors (Lipinski definition) is 3. The van der Waals surface area contributed by atoms with E-state index < -0.39 is 0 Å². The van der Waals surface area contributed by atoms with E-state index in [4.69, 9.17) is 5.11 Å². The predicted molar refractivity (Wildman–Crippen MR) is 77.1 cm³/mol. The summed E-state index contributed by atoms with van der Waals surface area (Å²) in [7, 11) is 0. The lowest BCUT2D eigenvalue weighted by Crippen LogP contribution is -1.99. The summed E-state index contributed by atoms with van der Waals surface area (Å²) in [4.78, 5) is 8.84. The van der Waals surface area contributed by atoms with Gasteiger partial charge in [-0.1, -0.05) is 12.1 Å². The van der Waals surface area contributed by atoms with Crippen LogP contribution in [0.2, 0.25) is 0 Å². The minimum absolute atomic E-state index is 0.177. The lowest BCUT2D eigenvalue weighted by Gasteiger charge is -2.11. The lowest BCUT2D eigenvalue weighted by molar-refractivity contribution is 0.287. The van der Waals surface area contributed by atoms with Crippen molar-refractivity contribution >= 4 is 0 Å². The Morgan fingerprint density at radius 2 is 1.84 bits per heavy atom. The van der Waals surface area contributed by atoms with Crippen LogP contribution in [-0.4, -0.2) is 21.7 Å². The van der Waals surface area contributed by atoms with E-state index in [1.54, 1.807) is 6.20 Å². The Bertz CT molecular complexity index is 579. The molecule has 100 valence electrons. The first-order valence-electron chi connectivity index (χ1n) is 6.63. The first-order chi connectivity index (χ1) is 9.13. The van der Waals surface area contributed by atoms with Gasteiger partial charge >= 0.3 is 0 Å². The van der Waals surface area contributed by atoms with Crippen LogP contribution in [0.25, 0.3) is 11.3 Å². The van der Waals surface area contributed by atoms with Gasteiger partial charge in [-0.2, -0.15) is 0 Å². The average molecular weight is 256 g/mol. The van der Waals surface area contributed by atoms with Gasteiger partial charge in [-0.25, -0.2) is 9.97 Å². The van der Waals surface area contributed by atoms with Gasteiger partial charge < -0.3 is 5.11 Å². The number of hydrogen-bond donors (Lipinski definition) is 1. The van der Waals surface area contributed by atoms with Crippen LogP contribution in [0.15, 0.2) is 24.4 Å². The van der Waals surface area contributed by atoms with E-state index in [-0.39, 0.29) is 6.61 Å². The Morgan fingerprint density at radius 1 is 1.05 bits per heavy atom. The summed E-state index contributed by atoms with van der Waals surface area (Å²) in [5.41, 5.74) is 6.01. The van der Waals surface area contributed by atoms with Crippen molar-refractivity contribution in [2.24, 2.45) is 0 Å². The summed E-state index contributed by atoms with van der Waals surface area (Å²) < 4.78 is 0. The zero-order valence-electron chi connectivity index (χ0n) is 11.8. The highest BCUT2D eigenvalue weighted by Crippen LogP contribution is 2.25. The molecule has 0 bridgehead atoms. The Balaban J connectivity index is 2.39. The highest BCUT2D eigenvalue weighted by molar-refractivity contribution is 5.65. The molecule has 0 unspecified atom stereocenters. The summed E-state index contributed by atoms with van der Waals surface area (Å²) >= 11 is 0. The zero-order chi connectivity index (χ0) is 13.8. The second-order valence-corrected chi connectivity index (χ2v) is 4.87. The van der Waals surface area contributed by atoms with Gasteiger partial charge in [0.15, 0.2) is 0 Å². The normalized spacial score (nSPS) is 10.7. The van der Waals surface area contributed by atoms with Crippen LogP contribution in [0.5, 0.6) is 0 Å². The molecule has 2 aromatic rings. The van der Waals surface area contributed by atoms with Crippen molar-refractivity contribution in [1.29, 1.82) is 0 Å². The first-order valence-corrected chi connectivity index (χ1v) is 6.63. The molecule has 0 saturated carbocycles. The number of aryl methyl sites for hydroxylation is 2. The van der Waals surface area contributed by atoms with Crippen LogP contribution < -0.4 is 0 Å². The zero-order valence-corrected chi connectivity index (χ0v) is 11.8. The van der Waals surface area contributed by atoms with Crippen LogP contribution in [0, 0.1) is 20.8 Å². The highest BCUT2D eigenvalue weighted by atomic mass is 16.2. The molecule has 3 heteroatoms. The summed E-state index contributed by atoms with van der Waals surface area (Å²) in [6.07, 6.45) is 3.22. The molecule has 0 amide bonds. The maximum Gasteiger partial charge on any atom is 0.129 e. The molecule has 1 N–H and O–H groups in total. The van der Waals surface area contributed by atoms with E-state index in [0.717, 1.165) is 17.1 Å². The topological polar surface area (TPSA) is 46.0 Å². The molecule has 1 aromatic heterocycles. The second kappa shape index (κ2) is 5.93. The Labute approximate surface area is 114 Å². The van der Waals surface area contributed by atoms with Crippen molar-refractivity contribution in [2.45, 2.75) is 33.6 Å². The largest absolute Gasteiger partial charge is 0.396 e. The third-order valence-electron chi connectivity index (χ3n) is 3.60. The van der Waals surface area contributed by atoms with Gasteiger partial charge in [-0.3, -0.25) is 0 Å². The fraction of sp³-hybridized carbons (Fsp3) is 0.375. The van der Waals surface area contributed by atoms with Crippen LogP contribution in [0.4, 0.5) is 0 Å². The van der Waals surface area contributed by atoms with Crippen molar-refractivity contribution in [3.63, 3.8) is 0 Å². The number of nitrogens with zero attached hydrogens (tertiary/aromatic N) is 2. The molecule has 0 aliphatic heterocycles. The van der Waals surface area contributed by atoms with Gasteiger partial charge in [0.25, 0.3) is 0 Å². The van der Waals surface area contributed by atoms with E-state index in [1.807, 2.05) is 6.07 Å². The van der Waals surface area contributed by atoms with E-state index in [0.29, 0.717) is 12.8 Å². The molecule has 2 rings (SSSR count). The maximum absolute atomic E-state index is 8.87. The fourth-order valence-corrected chi connectivity index (χ4v) is 2.14. The van der Waals surface area contributed by atoms with Crippen molar-refractivity contribution in [3.8, 4) is 11.3 Å². The van der Waals surface area contributed by atoms with Crippen molar-refractivity contribution in [1.82, 2.24) is 9.97 Å². The maximum atomic E-state index is 8.87. The van der Waals surface area contributed by atoms with Gasteiger partial charge in [-0.15, -0.1) is 0 Å². The van der Waals surface area contributed by atoms with Gasteiger partial charge in [-0.05, 0) is 49.9 Å². The first kappa shape index (κ1) is 13.7. The van der Waals surface area contributed by atoms with Gasteiger partial charge in [0.1, 0.15) is 5.82 Å². The lowest BCUT2D eigenvalue weighted by atomic mass is 9.97. The quantitative estimate of drug-likeness (QED) is 0.914. The number of rotatable bonds is 4. The molecule has 3 nitrogen and oxygen atoms in total. The van der Waals surface area contributed by atoms with Crippen LogP contribution in [-0.2, 0) is 6.42 Å². The minimum Gasteiger partial charge on any atom is -0.396 e. The standard InChI is InChI=1S/C16H20N2O/c1-11-6-7-14(13(3)12(11)2)15-8-9-17-16(18-15)5-4-10-19/h6-9,19H,4-5,10H2,1-3H3. The number of aliphatic hydroxyl groups excluding tert-OH is 1. The van der Waals surface area contributed by atoms with E-state index in [1.165, 1.54) is 16.7 Å². The molecule has 0 fully saturated rings. The molecule has 0 aliphatic rings. The van der Waals surface area contributed by atoms with Crippen LogP contribution in [0.3, 0.4) is 0 Å². The molecule has 0 radical (unpaired) electrons. The van der Waals surface area contributed by atoms with E-state index in [9.17, 15) is 0 Å². The van der Waals surface area contributed by atoms with Gasteiger partial charge in [0.05, 0.1) is 5.69 Å². The molecule has 1 aromatic carbocycles. The van der Waals surface area contributed by atoms with Crippen LogP contribution in [0.1, 0.15) is 28.9 Å². The molecular weight excluding hydrogens is 236 g/mol. The number of aromatic nitrogens is 2. The second-order valence-electron chi connectivity index (χ2n) is 4.87. The summed E-state index contributed by atoms with van der Waals surface area (Å²) in [6.45, 7) is 6.57. The smallest absolute Gasteiger partial charge is 0.129 e. The van der Waals surface area contributed by atoms with Crippen molar-refractivity contribution < 1.29 is 5.11 Å². The molecule has 0 aliphatic carbocycles. The van der Waals surface area contributed by atoms with Crippen molar-refractivity contribution in [3.05, 3.63) is 46.9 Å². The monoisotopic (exact) mass is 256 g/mol. The Kier molecular flexibility index (Phi) is 4.27. The fourth-order valence-electron chi connectivity index (χ4n) is 2.14. The van der Waals surface area contributed by atoms with Crippen LogP contribution >= 0.6 is 0 Å². The SMILES string of the molecule is Cc1ccc(-c2ccnc(CCCO)n2)c(C)c1C. The predicted octanol–water partition coefficient (Wildman–Crippen LogP) is 2.99. The third kappa shape index (κ3) is 2.99. The molecule has 19 heavy (non-hydrogen) atoms. The average Bonchev–Trinajstić information content (AvgIpc) is 2.43. The Hall–Kier alpha value is -1.74. The Morgan fingerprint density at radius 3 is 2.58 bits per heavy atom.